The molecule has 1 aromatic carbocycles. The van der Waals surface area contributed by atoms with E-state index in [2.05, 4.69) is 42.4 Å². The van der Waals surface area contributed by atoms with Gasteiger partial charge < -0.3 is 9.88 Å². The lowest BCUT2D eigenvalue weighted by molar-refractivity contribution is -0.119. The molecule has 0 fully saturated rings. The molecule has 0 radical (unpaired) electrons. The summed E-state index contributed by atoms with van der Waals surface area (Å²) in [4.78, 5) is 12.0. The number of hydrogen-bond donors (Lipinski definition) is 1. The van der Waals surface area contributed by atoms with Gasteiger partial charge in [0.05, 0.1) is 5.75 Å². The third-order valence-corrected chi connectivity index (χ3v) is 4.96. The molecule has 2 aromatic rings. The van der Waals surface area contributed by atoms with E-state index in [9.17, 15) is 4.79 Å². The molecule has 0 saturated carbocycles. The van der Waals surface area contributed by atoms with Gasteiger partial charge in [-0.1, -0.05) is 49.9 Å². The van der Waals surface area contributed by atoms with Gasteiger partial charge in [0.15, 0.2) is 11.0 Å². The highest BCUT2D eigenvalue weighted by Crippen LogP contribution is 2.24. The van der Waals surface area contributed by atoms with Gasteiger partial charge in [-0.25, -0.2) is 0 Å². The van der Waals surface area contributed by atoms with Gasteiger partial charge >= 0.3 is 0 Å². The number of nitrogens with zero attached hydrogens (tertiary/aromatic N) is 3. The number of rotatable bonds is 6. The molecule has 1 N–H and O–H groups in total. The van der Waals surface area contributed by atoms with E-state index in [1.165, 1.54) is 11.8 Å². The minimum Gasteiger partial charge on any atom is -0.353 e. The van der Waals surface area contributed by atoms with Crippen LogP contribution in [0.4, 0.5) is 0 Å². The smallest absolute Gasteiger partial charge is 0.230 e. The lowest BCUT2D eigenvalue weighted by Gasteiger charge is -2.17. The first kappa shape index (κ1) is 17.5. The average Bonchev–Trinajstić information content (AvgIpc) is 2.86. The molecule has 0 aliphatic rings. The lowest BCUT2D eigenvalue weighted by Crippen LogP contribution is -2.37. The summed E-state index contributed by atoms with van der Waals surface area (Å²) < 4.78 is 1.94. The second-order valence-corrected chi connectivity index (χ2v) is 7.01. The van der Waals surface area contributed by atoms with Crippen LogP contribution in [0.25, 0.3) is 11.4 Å². The second kappa shape index (κ2) is 7.64. The molecule has 1 heterocycles. The van der Waals surface area contributed by atoms with Gasteiger partial charge in [0.1, 0.15) is 0 Å². The first-order valence-electron chi connectivity index (χ1n) is 7.77. The van der Waals surface area contributed by atoms with Crippen molar-refractivity contribution in [2.75, 3.05) is 5.75 Å². The van der Waals surface area contributed by atoms with Gasteiger partial charge in [-0.3, -0.25) is 4.79 Å². The summed E-state index contributed by atoms with van der Waals surface area (Å²) in [6.45, 7) is 8.26. The summed E-state index contributed by atoms with van der Waals surface area (Å²) in [5, 5.41) is 12.2. The standard InChI is InChI=1S/C17H24N4OS/c1-11(2)13(4)18-15(22)10-23-17-20-19-16(21(17)5)14-9-7-6-8-12(14)3/h6-9,11,13H,10H2,1-5H3,(H,18,22)/t13-/m1/s1. The summed E-state index contributed by atoms with van der Waals surface area (Å²) in [6, 6.07) is 8.25. The predicted molar refractivity (Wildman–Crippen MR) is 94.3 cm³/mol. The molecule has 0 spiro atoms. The molecule has 124 valence electrons. The molecule has 5 nitrogen and oxygen atoms in total. The first-order chi connectivity index (χ1) is 10.9. The molecule has 0 bridgehead atoms. The molecule has 2 rings (SSSR count). The largest absolute Gasteiger partial charge is 0.353 e. The van der Waals surface area contributed by atoms with Gasteiger partial charge in [0.2, 0.25) is 5.91 Å². The monoisotopic (exact) mass is 332 g/mol. The Kier molecular flexibility index (Phi) is 5.82. The van der Waals surface area contributed by atoms with E-state index >= 15 is 0 Å². The fraction of sp³-hybridized carbons (Fsp3) is 0.471. The molecule has 0 aliphatic carbocycles. The molecular formula is C17H24N4OS. The van der Waals surface area contributed by atoms with Crippen molar-refractivity contribution < 1.29 is 4.79 Å². The SMILES string of the molecule is Cc1ccccc1-c1nnc(SCC(=O)N[C@H](C)C(C)C)n1C. The zero-order valence-electron chi connectivity index (χ0n) is 14.3. The summed E-state index contributed by atoms with van der Waals surface area (Å²) >= 11 is 1.41. The van der Waals surface area contributed by atoms with E-state index in [0.29, 0.717) is 11.7 Å². The highest BCUT2D eigenvalue weighted by atomic mass is 32.2. The van der Waals surface area contributed by atoms with Gasteiger partial charge in [-0.2, -0.15) is 0 Å². The van der Waals surface area contributed by atoms with Crippen molar-refractivity contribution in [1.29, 1.82) is 0 Å². The minimum absolute atomic E-state index is 0.0247. The van der Waals surface area contributed by atoms with E-state index in [1.807, 2.05) is 36.7 Å². The summed E-state index contributed by atoms with van der Waals surface area (Å²) in [5.74, 6) is 1.61. The Bertz CT molecular complexity index is 681. The van der Waals surface area contributed by atoms with Crippen molar-refractivity contribution in [3.8, 4) is 11.4 Å². The predicted octanol–water partition coefficient (Wildman–Crippen LogP) is 3.04. The van der Waals surface area contributed by atoms with Crippen LogP contribution in [0.5, 0.6) is 0 Å². The van der Waals surface area contributed by atoms with Crippen molar-refractivity contribution in [2.45, 2.75) is 38.9 Å². The number of thioether (sulfide) groups is 1. The van der Waals surface area contributed by atoms with E-state index in [0.717, 1.165) is 22.1 Å². The number of benzene rings is 1. The Morgan fingerprint density at radius 3 is 2.61 bits per heavy atom. The van der Waals surface area contributed by atoms with Crippen LogP contribution in [-0.2, 0) is 11.8 Å². The number of hydrogen-bond acceptors (Lipinski definition) is 4. The average molecular weight is 332 g/mol. The molecule has 23 heavy (non-hydrogen) atoms. The Hall–Kier alpha value is -1.82. The maximum Gasteiger partial charge on any atom is 0.230 e. The number of aryl methyl sites for hydroxylation is 1. The van der Waals surface area contributed by atoms with Crippen molar-refractivity contribution in [3.05, 3.63) is 29.8 Å². The quantitative estimate of drug-likeness (QED) is 0.826. The molecular weight excluding hydrogens is 308 g/mol. The fourth-order valence-corrected chi connectivity index (χ4v) is 2.81. The van der Waals surface area contributed by atoms with Gasteiger partial charge in [-0.15, -0.1) is 10.2 Å². The van der Waals surface area contributed by atoms with Gasteiger partial charge in [0, 0.05) is 18.7 Å². The van der Waals surface area contributed by atoms with Crippen LogP contribution in [-0.4, -0.2) is 32.5 Å². The number of carbonyl (C=O) groups is 1. The Morgan fingerprint density at radius 1 is 1.26 bits per heavy atom. The number of aromatic nitrogens is 3. The van der Waals surface area contributed by atoms with Crippen molar-refractivity contribution >= 4 is 17.7 Å². The third-order valence-electron chi connectivity index (χ3n) is 3.94. The van der Waals surface area contributed by atoms with Crippen LogP contribution in [0.1, 0.15) is 26.3 Å². The van der Waals surface area contributed by atoms with Crippen LogP contribution in [0.3, 0.4) is 0 Å². The van der Waals surface area contributed by atoms with Crippen molar-refractivity contribution in [3.63, 3.8) is 0 Å². The Balaban J connectivity index is 2.03. The number of carbonyl (C=O) groups excluding carboxylic acids is 1. The summed E-state index contributed by atoms with van der Waals surface area (Å²) in [6.07, 6.45) is 0. The number of amides is 1. The topological polar surface area (TPSA) is 59.8 Å². The van der Waals surface area contributed by atoms with Gasteiger partial charge in [-0.05, 0) is 25.3 Å². The summed E-state index contributed by atoms with van der Waals surface area (Å²) in [5.41, 5.74) is 2.22. The highest BCUT2D eigenvalue weighted by molar-refractivity contribution is 7.99. The van der Waals surface area contributed by atoms with Crippen LogP contribution >= 0.6 is 11.8 Å². The molecule has 1 atom stereocenters. The van der Waals surface area contributed by atoms with E-state index in [-0.39, 0.29) is 11.9 Å². The van der Waals surface area contributed by atoms with Crippen molar-refractivity contribution in [1.82, 2.24) is 20.1 Å². The first-order valence-corrected chi connectivity index (χ1v) is 8.76. The highest BCUT2D eigenvalue weighted by Gasteiger charge is 2.15. The maximum absolute atomic E-state index is 12.0. The van der Waals surface area contributed by atoms with Crippen LogP contribution in [0.15, 0.2) is 29.4 Å². The molecule has 0 unspecified atom stereocenters. The van der Waals surface area contributed by atoms with Crippen molar-refractivity contribution in [2.24, 2.45) is 13.0 Å². The fourth-order valence-electron chi connectivity index (χ4n) is 2.09. The van der Waals surface area contributed by atoms with Crippen LogP contribution in [0.2, 0.25) is 0 Å². The molecule has 6 heteroatoms. The normalized spacial score (nSPS) is 12.4. The Morgan fingerprint density at radius 2 is 1.96 bits per heavy atom. The van der Waals surface area contributed by atoms with Gasteiger partial charge in [0.25, 0.3) is 0 Å². The second-order valence-electron chi connectivity index (χ2n) is 6.07. The Labute approximate surface area is 141 Å². The zero-order valence-corrected chi connectivity index (χ0v) is 15.1. The number of nitrogens with one attached hydrogen (secondary N) is 1. The third kappa shape index (κ3) is 4.34. The molecule has 1 aromatic heterocycles. The van der Waals surface area contributed by atoms with E-state index < -0.39 is 0 Å². The lowest BCUT2D eigenvalue weighted by atomic mass is 10.1. The van der Waals surface area contributed by atoms with Crippen LogP contribution in [0, 0.1) is 12.8 Å². The van der Waals surface area contributed by atoms with E-state index in [1.54, 1.807) is 0 Å². The zero-order chi connectivity index (χ0) is 17.0. The molecule has 0 saturated heterocycles. The van der Waals surface area contributed by atoms with Crippen LogP contribution < -0.4 is 5.32 Å². The maximum atomic E-state index is 12.0. The minimum atomic E-state index is 0.0247. The molecule has 0 aliphatic heterocycles. The molecule has 1 amide bonds. The van der Waals surface area contributed by atoms with E-state index in [4.69, 9.17) is 0 Å². The summed E-state index contributed by atoms with van der Waals surface area (Å²) in [7, 11) is 1.93.